The van der Waals surface area contributed by atoms with Crippen LogP contribution in [0.25, 0.3) is 0 Å². The number of carboxylic acids is 1. The molecule has 0 aliphatic carbocycles. The second-order valence-electron chi connectivity index (χ2n) is 6.51. The van der Waals surface area contributed by atoms with Crippen molar-refractivity contribution in [1.29, 1.82) is 0 Å². The average Bonchev–Trinajstić information content (AvgIpc) is 2.81. The number of hydrogen-bond acceptors (Lipinski definition) is 5. The van der Waals surface area contributed by atoms with E-state index in [0.29, 0.717) is 17.5 Å². The molecule has 0 aromatic heterocycles. The smallest absolute Gasteiger partial charge is 0.321 e. The molecule has 1 heterocycles. The normalized spacial score (nSPS) is 15.4. The van der Waals surface area contributed by atoms with Crippen molar-refractivity contribution in [2.24, 2.45) is 5.92 Å². The van der Waals surface area contributed by atoms with Gasteiger partial charge in [-0.05, 0) is 30.9 Å². The van der Waals surface area contributed by atoms with Gasteiger partial charge in [0.15, 0.2) is 0 Å². The van der Waals surface area contributed by atoms with E-state index in [1.165, 1.54) is 0 Å². The Hall–Kier alpha value is -2.26. The predicted molar refractivity (Wildman–Crippen MR) is 94.2 cm³/mol. The zero-order valence-electron chi connectivity index (χ0n) is 14.6. The molecule has 0 radical (unpaired) electrons. The number of carbonyl (C=O) groups excluding carboxylic acids is 2. The third-order valence-corrected chi connectivity index (χ3v) is 5.60. The van der Waals surface area contributed by atoms with Crippen molar-refractivity contribution in [1.82, 2.24) is 9.62 Å². The van der Waals surface area contributed by atoms with E-state index in [1.807, 2.05) is 0 Å². The number of sulfonamides is 1. The van der Waals surface area contributed by atoms with Crippen LogP contribution in [0.1, 0.15) is 47.4 Å². The number of hydrogen-bond donors (Lipinski definition) is 2. The first-order valence-corrected chi connectivity index (χ1v) is 9.97. The number of aliphatic carboxylic acids is 1. The zero-order chi connectivity index (χ0) is 19.5. The molecule has 1 aromatic rings. The van der Waals surface area contributed by atoms with Gasteiger partial charge in [-0.25, -0.2) is 13.1 Å². The van der Waals surface area contributed by atoms with Gasteiger partial charge in [0.1, 0.15) is 6.04 Å². The minimum absolute atomic E-state index is 0.119. The molecule has 26 heavy (non-hydrogen) atoms. The average molecular weight is 382 g/mol. The van der Waals surface area contributed by atoms with Crippen molar-refractivity contribution in [2.45, 2.75) is 32.7 Å². The van der Waals surface area contributed by atoms with Crippen LogP contribution < -0.4 is 4.72 Å². The van der Waals surface area contributed by atoms with Gasteiger partial charge in [0.2, 0.25) is 10.0 Å². The molecule has 1 aromatic carbocycles. The quantitative estimate of drug-likeness (QED) is 0.487. The molecule has 142 valence electrons. The van der Waals surface area contributed by atoms with Crippen LogP contribution in [0.5, 0.6) is 0 Å². The Balaban J connectivity index is 1.86. The molecule has 2 rings (SSSR count). The van der Waals surface area contributed by atoms with Crippen LogP contribution in [0.4, 0.5) is 0 Å². The van der Waals surface area contributed by atoms with Crippen LogP contribution >= 0.6 is 0 Å². The predicted octanol–water partition coefficient (Wildman–Crippen LogP) is 1.09. The molecule has 0 unspecified atom stereocenters. The summed E-state index contributed by atoms with van der Waals surface area (Å²) in [5.74, 6) is -2.64. The third-order valence-electron chi connectivity index (χ3n) is 4.16. The minimum atomic E-state index is -3.77. The van der Waals surface area contributed by atoms with Gasteiger partial charge in [0, 0.05) is 6.54 Å². The SMILES string of the molecule is CC(C)[C@H](NS(=O)(=O)CCCCN1C(=O)c2ccccc2C1=O)C(=O)O. The summed E-state index contributed by atoms with van der Waals surface area (Å²) in [6.07, 6.45) is 0.513. The molecule has 2 amide bonds. The number of nitrogens with zero attached hydrogens (tertiary/aromatic N) is 1. The molecule has 2 N–H and O–H groups in total. The van der Waals surface area contributed by atoms with Gasteiger partial charge >= 0.3 is 5.97 Å². The summed E-state index contributed by atoms with van der Waals surface area (Å²) in [4.78, 5) is 36.6. The maximum Gasteiger partial charge on any atom is 0.321 e. The zero-order valence-corrected chi connectivity index (χ0v) is 15.5. The highest BCUT2D eigenvalue weighted by molar-refractivity contribution is 7.89. The fourth-order valence-electron chi connectivity index (χ4n) is 2.73. The highest BCUT2D eigenvalue weighted by atomic mass is 32.2. The van der Waals surface area contributed by atoms with Gasteiger partial charge in [-0.15, -0.1) is 0 Å². The van der Waals surface area contributed by atoms with Crippen molar-refractivity contribution < 1.29 is 27.9 Å². The molecule has 0 fully saturated rings. The molecule has 0 spiro atoms. The number of carbonyl (C=O) groups is 3. The molecule has 1 atom stereocenters. The van der Waals surface area contributed by atoms with Crippen molar-refractivity contribution in [2.75, 3.05) is 12.3 Å². The van der Waals surface area contributed by atoms with E-state index in [1.54, 1.807) is 38.1 Å². The first-order valence-electron chi connectivity index (χ1n) is 8.32. The molecular weight excluding hydrogens is 360 g/mol. The number of amides is 2. The topological polar surface area (TPSA) is 121 Å². The molecular formula is C17H22N2O6S. The summed E-state index contributed by atoms with van der Waals surface area (Å²) in [5.41, 5.74) is 0.709. The Morgan fingerprint density at radius 2 is 1.65 bits per heavy atom. The summed E-state index contributed by atoms with van der Waals surface area (Å²) in [6, 6.07) is 5.35. The van der Waals surface area contributed by atoms with E-state index >= 15 is 0 Å². The Morgan fingerprint density at radius 1 is 1.12 bits per heavy atom. The molecule has 8 nitrogen and oxygen atoms in total. The summed E-state index contributed by atoms with van der Waals surface area (Å²) in [5, 5.41) is 9.06. The highest BCUT2D eigenvalue weighted by Gasteiger charge is 2.34. The molecule has 1 aliphatic rings. The van der Waals surface area contributed by atoms with Gasteiger partial charge in [0.05, 0.1) is 16.9 Å². The van der Waals surface area contributed by atoms with Crippen LogP contribution in [0, 0.1) is 5.92 Å². The largest absolute Gasteiger partial charge is 0.480 e. The van der Waals surface area contributed by atoms with E-state index in [9.17, 15) is 22.8 Å². The first-order chi connectivity index (χ1) is 12.1. The van der Waals surface area contributed by atoms with Gasteiger partial charge in [-0.1, -0.05) is 26.0 Å². The van der Waals surface area contributed by atoms with E-state index < -0.39 is 22.0 Å². The van der Waals surface area contributed by atoms with Gasteiger partial charge in [0.25, 0.3) is 11.8 Å². The van der Waals surface area contributed by atoms with E-state index in [4.69, 9.17) is 5.11 Å². The van der Waals surface area contributed by atoms with Crippen LogP contribution in [0.3, 0.4) is 0 Å². The molecule has 1 aliphatic heterocycles. The fourth-order valence-corrected chi connectivity index (χ4v) is 4.19. The maximum absolute atomic E-state index is 12.2. The lowest BCUT2D eigenvalue weighted by Crippen LogP contribution is -2.45. The number of unbranched alkanes of at least 4 members (excludes halogenated alkanes) is 1. The Labute approximate surface area is 152 Å². The monoisotopic (exact) mass is 382 g/mol. The lowest BCUT2D eigenvalue weighted by atomic mass is 10.1. The van der Waals surface area contributed by atoms with Crippen molar-refractivity contribution in [3.05, 3.63) is 35.4 Å². The number of carboxylic acid groups (broad SMARTS) is 1. The number of imide groups is 1. The second-order valence-corrected chi connectivity index (χ2v) is 8.38. The number of rotatable bonds is 9. The van der Waals surface area contributed by atoms with E-state index in [-0.39, 0.29) is 36.5 Å². The van der Waals surface area contributed by atoms with Crippen molar-refractivity contribution in [3.8, 4) is 0 Å². The van der Waals surface area contributed by atoms with Gasteiger partial charge in [-0.2, -0.15) is 0 Å². The second kappa shape index (κ2) is 7.96. The molecule has 0 bridgehead atoms. The van der Waals surface area contributed by atoms with Gasteiger partial charge < -0.3 is 5.11 Å². The Bertz CT molecular complexity index is 783. The van der Waals surface area contributed by atoms with E-state index in [0.717, 1.165) is 4.90 Å². The van der Waals surface area contributed by atoms with Crippen LogP contribution in [0.2, 0.25) is 0 Å². The third kappa shape index (κ3) is 4.47. The van der Waals surface area contributed by atoms with Crippen molar-refractivity contribution in [3.63, 3.8) is 0 Å². The Kier molecular flexibility index (Phi) is 6.14. The summed E-state index contributed by atoms with van der Waals surface area (Å²) in [7, 11) is -3.77. The summed E-state index contributed by atoms with van der Waals surface area (Å²) >= 11 is 0. The molecule has 0 saturated carbocycles. The standard InChI is InChI=1S/C17H22N2O6S/c1-11(2)14(17(22)23)18-26(24,25)10-6-5-9-19-15(20)12-7-3-4-8-13(12)16(19)21/h3-4,7-8,11,14,18H,5-6,9-10H2,1-2H3,(H,22,23)/t14-/m0/s1. The summed E-state index contributed by atoms with van der Waals surface area (Å²) < 4.78 is 26.2. The number of nitrogens with one attached hydrogen (secondary N) is 1. The first kappa shape index (κ1) is 20.1. The van der Waals surface area contributed by atoms with Gasteiger partial charge in [-0.3, -0.25) is 19.3 Å². The highest BCUT2D eigenvalue weighted by Crippen LogP contribution is 2.22. The maximum atomic E-state index is 12.2. The Morgan fingerprint density at radius 3 is 2.12 bits per heavy atom. The van der Waals surface area contributed by atoms with Crippen LogP contribution in [0.15, 0.2) is 24.3 Å². The molecule has 9 heteroatoms. The van der Waals surface area contributed by atoms with Crippen LogP contribution in [-0.2, 0) is 14.8 Å². The van der Waals surface area contributed by atoms with Crippen molar-refractivity contribution >= 4 is 27.8 Å². The molecule has 0 saturated heterocycles. The summed E-state index contributed by atoms with van der Waals surface area (Å²) in [6.45, 7) is 3.35. The fraction of sp³-hybridized carbons (Fsp3) is 0.471. The van der Waals surface area contributed by atoms with Crippen LogP contribution in [-0.4, -0.2) is 54.5 Å². The van der Waals surface area contributed by atoms with E-state index in [2.05, 4.69) is 4.72 Å². The minimum Gasteiger partial charge on any atom is -0.480 e. The lowest BCUT2D eigenvalue weighted by molar-refractivity contribution is -0.140. The lowest BCUT2D eigenvalue weighted by Gasteiger charge is -2.18. The number of benzene rings is 1. The number of fused-ring (bicyclic) bond motifs is 1.